The van der Waals surface area contributed by atoms with Gasteiger partial charge in [0.1, 0.15) is 5.75 Å². The van der Waals surface area contributed by atoms with Gasteiger partial charge in [-0.3, -0.25) is 4.79 Å². The van der Waals surface area contributed by atoms with Crippen molar-refractivity contribution in [1.82, 2.24) is 5.32 Å². The minimum atomic E-state index is 0.263. The molecule has 2 unspecified atom stereocenters. The minimum absolute atomic E-state index is 0.263. The molecule has 4 aliphatic rings. The van der Waals surface area contributed by atoms with Crippen LogP contribution in [-0.2, 0) is 4.79 Å². The highest BCUT2D eigenvalue weighted by atomic mass is 35.5. The molecule has 152 valence electrons. The summed E-state index contributed by atoms with van der Waals surface area (Å²) in [5.74, 6) is 3.49. The Bertz CT molecular complexity index is 764. The van der Waals surface area contributed by atoms with Crippen molar-refractivity contribution in [3.05, 3.63) is 29.3 Å². The number of nitrogens with one attached hydrogen (secondary N) is 1. The maximum absolute atomic E-state index is 12.0. The number of carbonyl (C=O) groups excluding carboxylic acids is 1. The van der Waals surface area contributed by atoms with Gasteiger partial charge in [-0.15, -0.1) is 0 Å². The van der Waals surface area contributed by atoms with Crippen LogP contribution in [0.1, 0.15) is 65.2 Å². The Morgan fingerprint density at radius 3 is 2.64 bits per heavy atom. The van der Waals surface area contributed by atoms with Gasteiger partial charge in [0.2, 0.25) is 5.91 Å². The molecule has 3 nitrogen and oxygen atoms in total. The molecule has 1 aromatic rings. The number of amides is 1. The summed E-state index contributed by atoms with van der Waals surface area (Å²) in [4.78, 5) is 12.0. The van der Waals surface area contributed by atoms with Crippen LogP contribution in [0.2, 0.25) is 5.02 Å². The number of piperidine rings is 1. The third-order valence-corrected chi connectivity index (χ3v) is 9.19. The number of halogens is 1. The lowest BCUT2D eigenvalue weighted by molar-refractivity contribution is -0.135. The predicted molar refractivity (Wildman–Crippen MR) is 111 cm³/mol. The molecule has 5 rings (SSSR count). The molecule has 1 N–H and O–H groups in total. The van der Waals surface area contributed by atoms with Crippen LogP contribution >= 0.6 is 11.6 Å². The van der Waals surface area contributed by atoms with Crippen molar-refractivity contribution in [3.8, 4) is 5.75 Å². The summed E-state index contributed by atoms with van der Waals surface area (Å²) >= 11 is 6.02. The molecular weight excluding hydrogens is 370 g/mol. The third kappa shape index (κ3) is 2.96. The number of fused-ring (bicyclic) bond motifs is 5. The van der Waals surface area contributed by atoms with Crippen LogP contribution in [0.25, 0.3) is 0 Å². The van der Waals surface area contributed by atoms with E-state index in [0.717, 1.165) is 41.4 Å². The van der Waals surface area contributed by atoms with E-state index in [1.807, 2.05) is 24.3 Å². The first-order chi connectivity index (χ1) is 13.4. The lowest BCUT2D eigenvalue weighted by atomic mass is 9.48. The van der Waals surface area contributed by atoms with E-state index >= 15 is 0 Å². The largest absolute Gasteiger partial charge is 0.490 e. The van der Waals surface area contributed by atoms with Crippen molar-refractivity contribution in [2.75, 3.05) is 0 Å². The van der Waals surface area contributed by atoms with Crippen LogP contribution in [0.15, 0.2) is 24.3 Å². The standard InChI is InChI=1S/C24H32ClNO2/c1-23-11-9-19-18(7-8-21-24(19,2)12-10-22(27)26-21)20(23)13-17(14-23)28-16-5-3-15(25)4-6-16/h3-6,17-21H,7-14H2,1-2H3,(H,26,27)/t17?,18-,19-,20+,21?,23-,24-/m1/s1. The maximum atomic E-state index is 12.0. The van der Waals surface area contributed by atoms with Gasteiger partial charge in [-0.1, -0.05) is 25.4 Å². The quantitative estimate of drug-likeness (QED) is 0.699. The number of hydrogen-bond donors (Lipinski definition) is 1. The Balaban J connectivity index is 1.34. The van der Waals surface area contributed by atoms with Crippen LogP contribution in [-0.4, -0.2) is 18.1 Å². The third-order valence-electron chi connectivity index (χ3n) is 8.94. The van der Waals surface area contributed by atoms with Gasteiger partial charge in [0.15, 0.2) is 0 Å². The SMILES string of the molecule is C[C@]12CC[C@@H]3[C@@H](CCC4NC(=O)CC[C@@]43C)[C@@H]1CC(Oc1ccc(Cl)cc1)C2. The van der Waals surface area contributed by atoms with Gasteiger partial charge in [0.05, 0.1) is 6.10 Å². The predicted octanol–water partition coefficient (Wildman–Crippen LogP) is 5.61. The van der Waals surface area contributed by atoms with Gasteiger partial charge in [-0.05, 0) is 97.8 Å². The van der Waals surface area contributed by atoms with E-state index in [1.54, 1.807) is 0 Å². The first-order valence-electron chi connectivity index (χ1n) is 11.1. The molecule has 0 bridgehead atoms. The average molecular weight is 402 g/mol. The van der Waals surface area contributed by atoms with E-state index in [9.17, 15) is 4.79 Å². The van der Waals surface area contributed by atoms with Gasteiger partial charge in [0.25, 0.3) is 0 Å². The molecule has 3 aliphatic carbocycles. The number of benzene rings is 1. The van der Waals surface area contributed by atoms with Gasteiger partial charge in [0, 0.05) is 17.5 Å². The number of carbonyl (C=O) groups is 1. The van der Waals surface area contributed by atoms with Crippen LogP contribution in [0.4, 0.5) is 0 Å². The minimum Gasteiger partial charge on any atom is -0.490 e. The van der Waals surface area contributed by atoms with Crippen LogP contribution < -0.4 is 10.1 Å². The molecule has 0 spiro atoms. The zero-order valence-electron chi connectivity index (χ0n) is 17.0. The highest BCUT2D eigenvalue weighted by Crippen LogP contribution is 2.64. The number of hydrogen-bond acceptors (Lipinski definition) is 2. The van der Waals surface area contributed by atoms with Crippen LogP contribution in [0.5, 0.6) is 5.75 Å². The van der Waals surface area contributed by atoms with E-state index in [2.05, 4.69) is 19.2 Å². The second-order valence-electron chi connectivity index (χ2n) is 10.4. The Kier molecular flexibility index (Phi) is 4.46. The summed E-state index contributed by atoms with van der Waals surface area (Å²) in [6.45, 7) is 4.98. The first-order valence-corrected chi connectivity index (χ1v) is 11.5. The Labute approximate surface area is 173 Å². The summed E-state index contributed by atoms with van der Waals surface area (Å²) in [7, 11) is 0. The molecule has 1 aliphatic heterocycles. The fourth-order valence-corrected chi connectivity index (χ4v) is 7.62. The van der Waals surface area contributed by atoms with E-state index in [1.165, 1.54) is 32.1 Å². The van der Waals surface area contributed by atoms with Gasteiger partial charge in [-0.25, -0.2) is 0 Å². The molecule has 4 fully saturated rings. The molecule has 3 saturated carbocycles. The molecule has 4 heteroatoms. The number of ether oxygens (including phenoxy) is 1. The van der Waals surface area contributed by atoms with Crippen LogP contribution in [0, 0.1) is 28.6 Å². The zero-order valence-corrected chi connectivity index (χ0v) is 17.8. The highest BCUT2D eigenvalue weighted by molar-refractivity contribution is 6.30. The highest BCUT2D eigenvalue weighted by Gasteiger charge is 2.59. The molecule has 0 aromatic heterocycles. The lowest BCUT2D eigenvalue weighted by Crippen LogP contribution is -2.60. The summed E-state index contributed by atoms with van der Waals surface area (Å²) in [5, 5.41) is 4.09. The van der Waals surface area contributed by atoms with E-state index in [0.29, 0.717) is 24.0 Å². The molecule has 1 heterocycles. The average Bonchev–Trinajstić information content (AvgIpc) is 3.00. The van der Waals surface area contributed by atoms with Gasteiger partial charge in [-0.2, -0.15) is 0 Å². The monoisotopic (exact) mass is 401 g/mol. The summed E-state index contributed by atoms with van der Waals surface area (Å²) in [6.07, 6.45) is 9.46. The van der Waals surface area contributed by atoms with Gasteiger partial charge >= 0.3 is 0 Å². The van der Waals surface area contributed by atoms with Crippen molar-refractivity contribution in [2.45, 2.75) is 77.4 Å². The molecule has 1 amide bonds. The summed E-state index contributed by atoms with van der Waals surface area (Å²) in [6, 6.07) is 8.20. The molecule has 7 atom stereocenters. The fourth-order valence-electron chi connectivity index (χ4n) is 7.49. The van der Waals surface area contributed by atoms with Crippen molar-refractivity contribution < 1.29 is 9.53 Å². The van der Waals surface area contributed by atoms with Crippen molar-refractivity contribution in [3.63, 3.8) is 0 Å². The van der Waals surface area contributed by atoms with Crippen molar-refractivity contribution in [2.24, 2.45) is 28.6 Å². The molecule has 1 aromatic carbocycles. The van der Waals surface area contributed by atoms with Crippen molar-refractivity contribution in [1.29, 1.82) is 0 Å². The Morgan fingerprint density at radius 2 is 1.86 bits per heavy atom. The molecule has 28 heavy (non-hydrogen) atoms. The summed E-state index contributed by atoms with van der Waals surface area (Å²) < 4.78 is 6.40. The van der Waals surface area contributed by atoms with Crippen LogP contribution in [0.3, 0.4) is 0 Å². The van der Waals surface area contributed by atoms with Gasteiger partial charge < -0.3 is 10.1 Å². The topological polar surface area (TPSA) is 38.3 Å². The number of rotatable bonds is 2. The summed E-state index contributed by atoms with van der Waals surface area (Å²) in [5.41, 5.74) is 0.687. The lowest BCUT2D eigenvalue weighted by Gasteiger charge is -2.59. The maximum Gasteiger partial charge on any atom is 0.220 e. The van der Waals surface area contributed by atoms with E-state index in [4.69, 9.17) is 16.3 Å². The molecule has 0 radical (unpaired) electrons. The Hall–Kier alpha value is -1.22. The fraction of sp³-hybridized carbons (Fsp3) is 0.708. The van der Waals surface area contributed by atoms with E-state index in [-0.39, 0.29) is 11.3 Å². The Morgan fingerprint density at radius 1 is 1.07 bits per heavy atom. The second kappa shape index (κ2) is 6.65. The zero-order chi connectivity index (χ0) is 19.5. The molecule has 1 saturated heterocycles. The second-order valence-corrected chi connectivity index (χ2v) is 10.8. The smallest absolute Gasteiger partial charge is 0.220 e. The normalized spacial score (nSPS) is 44.8. The van der Waals surface area contributed by atoms with E-state index < -0.39 is 0 Å². The molecular formula is C24H32ClNO2. The van der Waals surface area contributed by atoms with Crippen molar-refractivity contribution >= 4 is 17.5 Å². The first kappa shape index (κ1) is 18.8.